The first kappa shape index (κ1) is 17.1. The molecule has 2 atom stereocenters. The molecule has 0 amide bonds. The Labute approximate surface area is 142 Å². The molecule has 128 valence electrons. The van der Waals surface area contributed by atoms with Crippen molar-refractivity contribution in [2.75, 3.05) is 13.7 Å². The van der Waals surface area contributed by atoms with Crippen LogP contribution in [0.15, 0.2) is 59.5 Å². The summed E-state index contributed by atoms with van der Waals surface area (Å²) in [4.78, 5) is 0.246. The summed E-state index contributed by atoms with van der Waals surface area (Å²) in [7, 11) is -2.21. The fourth-order valence-electron chi connectivity index (χ4n) is 2.91. The first-order chi connectivity index (χ1) is 11.4. The van der Waals surface area contributed by atoms with E-state index in [1.807, 2.05) is 37.3 Å². The van der Waals surface area contributed by atoms with Crippen LogP contribution in [0.3, 0.4) is 0 Å². The molecule has 1 saturated heterocycles. The van der Waals surface area contributed by atoms with Crippen molar-refractivity contribution in [3.63, 3.8) is 0 Å². The molecule has 1 heterocycles. The highest BCUT2D eigenvalue weighted by Crippen LogP contribution is 2.40. The van der Waals surface area contributed by atoms with E-state index in [0.717, 1.165) is 11.1 Å². The topological polar surface area (TPSA) is 55.8 Å². The van der Waals surface area contributed by atoms with Gasteiger partial charge in [0, 0.05) is 7.11 Å². The zero-order valence-electron chi connectivity index (χ0n) is 14.0. The number of hydrogen-bond acceptors (Lipinski definition) is 4. The molecule has 0 aromatic heterocycles. The highest BCUT2D eigenvalue weighted by atomic mass is 32.2. The van der Waals surface area contributed by atoms with Gasteiger partial charge >= 0.3 is 0 Å². The molecule has 1 aliphatic rings. The van der Waals surface area contributed by atoms with Crippen LogP contribution in [0.2, 0.25) is 0 Å². The smallest absolute Gasteiger partial charge is 0.245 e. The minimum absolute atomic E-state index is 0.137. The van der Waals surface area contributed by atoms with Gasteiger partial charge in [0.15, 0.2) is 12.0 Å². The molecule has 2 aromatic carbocycles. The Kier molecular flexibility index (Phi) is 4.48. The van der Waals surface area contributed by atoms with Gasteiger partial charge in [-0.3, -0.25) is 0 Å². The van der Waals surface area contributed by atoms with E-state index in [1.54, 1.807) is 31.2 Å². The third kappa shape index (κ3) is 2.86. The van der Waals surface area contributed by atoms with Gasteiger partial charge in [-0.2, -0.15) is 4.31 Å². The number of aryl methyl sites for hydroxylation is 1. The standard InChI is InChI=1S/C18H21NO4S/c1-14-9-11-16(12-10-14)24(20,21)19-13-17(22-3)23-18(19,2)15-7-5-4-6-8-15/h4-12,17H,13H2,1-3H3/t17-,18-/m0/s1. The van der Waals surface area contributed by atoms with Crippen LogP contribution in [-0.4, -0.2) is 32.7 Å². The minimum atomic E-state index is -3.73. The number of hydrogen-bond donors (Lipinski definition) is 0. The van der Waals surface area contributed by atoms with Crippen LogP contribution in [0.4, 0.5) is 0 Å². The maximum absolute atomic E-state index is 13.2. The normalized spacial score (nSPS) is 25.0. The number of rotatable bonds is 4. The Hall–Kier alpha value is -1.73. The fraction of sp³-hybridized carbons (Fsp3) is 0.333. The van der Waals surface area contributed by atoms with E-state index in [9.17, 15) is 8.42 Å². The van der Waals surface area contributed by atoms with Gasteiger partial charge in [0.05, 0.1) is 11.4 Å². The van der Waals surface area contributed by atoms with E-state index in [2.05, 4.69) is 0 Å². The highest BCUT2D eigenvalue weighted by Gasteiger charge is 2.51. The van der Waals surface area contributed by atoms with Crippen molar-refractivity contribution in [3.05, 3.63) is 65.7 Å². The van der Waals surface area contributed by atoms with Gasteiger partial charge in [-0.05, 0) is 31.5 Å². The second-order valence-electron chi connectivity index (χ2n) is 5.98. The van der Waals surface area contributed by atoms with Crippen molar-refractivity contribution in [1.29, 1.82) is 0 Å². The van der Waals surface area contributed by atoms with Crippen LogP contribution in [0.1, 0.15) is 18.1 Å². The minimum Gasteiger partial charge on any atom is -0.354 e. The number of ether oxygens (including phenoxy) is 2. The summed E-state index contributed by atoms with van der Waals surface area (Å²) in [6.07, 6.45) is -0.615. The average Bonchev–Trinajstić information content (AvgIpc) is 2.95. The second kappa shape index (κ2) is 6.29. The van der Waals surface area contributed by atoms with E-state index in [1.165, 1.54) is 11.4 Å². The van der Waals surface area contributed by atoms with Crippen LogP contribution >= 0.6 is 0 Å². The summed E-state index contributed by atoms with van der Waals surface area (Å²) in [5.74, 6) is 0. The van der Waals surface area contributed by atoms with E-state index < -0.39 is 22.0 Å². The number of sulfonamides is 1. The van der Waals surface area contributed by atoms with E-state index >= 15 is 0 Å². The summed E-state index contributed by atoms with van der Waals surface area (Å²) < 4.78 is 39.0. The van der Waals surface area contributed by atoms with Crippen LogP contribution in [0, 0.1) is 6.92 Å². The van der Waals surface area contributed by atoms with Gasteiger partial charge in [-0.1, -0.05) is 48.0 Å². The Morgan fingerprint density at radius 1 is 1.12 bits per heavy atom. The maximum Gasteiger partial charge on any atom is 0.245 e. The molecule has 0 spiro atoms. The fourth-order valence-corrected chi connectivity index (χ4v) is 4.57. The lowest BCUT2D eigenvalue weighted by Crippen LogP contribution is -2.43. The van der Waals surface area contributed by atoms with Crippen molar-refractivity contribution >= 4 is 10.0 Å². The van der Waals surface area contributed by atoms with E-state index in [-0.39, 0.29) is 11.4 Å². The predicted octanol–water partition coefficient (Wildman–Crippen LogP) is 2.86. The molecule has 0 bridgehead atoms. The highest BCUT2D eigenvalue weighted by molar-refractivity contribution is 7.89. The van der Waals surface area contributed by atoms with Crippen LogP contribution in [-0.2, 0) is 25.2 Å². The van der Waals surface area contributed by atoms with E-state index in [0.29, 0.717) is 0 Å². The molecule has 1 aliphatic heterocycles. The molecule has 5 nitrogen and oxygen atoms in total. The monoisotopic (exact) mass is 347 g/mol. The van der Waals surface area contributed by atoms with Crippen LogP contribution < -0.4 is 0 Å². The zero-order chi connectivity index (χ0) is 17.4. The summed E-state index contributed by atoms with van der Waals surface area (Å²) in [6, 6.07) is 16.1. The molecule has 1 fully saturated rings. The Bertz CT molecular complexity index is 805. The van der Waals surface area contributed by atoms with Crippen molar-refractivity contribution in [2.45, 2.75) is 30.8 Å². The SMILES string of the molecule is CO[C@@H]1CN(S(=O)(=O)c2ccc(C)cc2)[C@](C)(c2ccccc2)O1. The molecule has 0 N–H and O–H groups in total. The third-order valence-electron chi connectivity index (χ3n) is 4.33. The van der Waals surface area contributed by atoms with Gasteiger partial charge < -0.3 is 9.47 Å². The quantitative estimate of drug-likeness (QED) is 0.853. The molecule has 0 radical (unpaired) electrons. The number of methoxy groups -OCH3 is 1. The van der Waals surface area contributed by atoms with Crippen molar-refractivity contribution in [1.82, 2.24) is 4.31 Å². The lowest BCUT2D eigenvalue weighted by molar-refractivity contribution is -0.160. The van der Waals surface area contributed by atoms with Gasteiger partial charge in [0.2, 0.25) is 10.0 Å². The summed E-state index contributed by atoms with van der Waals surface area (Å²) >= 11 is 0. The van der Waals surface area contributed by atoms with Gasteiger partial charge in [0.25, 0.3) is 0 Å². The third-order valence-corrected chi connectivity index (χ3v) is 6.28. The van der Waals surface area contributed by atoms with Crippen molar-refractivity contribution in [3.8, 4) is 0 Å². The lowest BCUT2D eigenvalue weighted by Gasteiger charge is -2.33. The van der Waals surface area contributed by atoms with Gasteiger partial charge in [0.1, 0.15) is 0 Å². The average molecular weight is 347 g/mol. The maximum atomic E-state index is 13.2. The Balaban J connectivity index is 2.08. The van der Waals surface area contributed by atoms with E-state index in [4.69, 9.17) is 9.47 Å². The first-order valence-electron chi connectivity index (χ1n) is 7.73. The molecule has 0 aliphatic carbocycles. The molecule has 6 heteroatoms. The molecule has 24 heavy (non-hydrogen) atoms. The molecule has 0 saturated carbocycles. The molecular formula is C18H21NO4S. The molecular weight excluding hydrogens is 326 g/mol. The van der Waals surface area contributed by atoms with Crippen molar-refractivity contribution < 1.29 is 17.9 Å². The van der Waals surface area contributed by atoms with Crippen molar-refractivity contribution in [2.24, 2.45) is 0 Å². The van der Waals surface area contributed by atoms with Gasteiger partial charge in [-0.15, -0.1) is 0 Å². The Morgan fingerprint density at radius 2 is 1.75 bits per heavy atom. The number of benzene rings is 2. The Morgan fingerprint density at radius 3 is 2.33 bits per heavy atom. The van der Waals surface area contributed by atoms with Crippen LogP contribution in [0.25, 0.3) is 0 Å². The number of nitrogens with zero attached hydrogens (tertiary/aromatic N) is 1. The second-order valence-corrected chi connectivity index (χ2v) is 7.84. The lowest BCUT2D eigenvalue weighted by atomic mass is 10.1. The summed E-state index contributed by atoms with van der Waals surface area (Å²) in [5.41, 5.74) is 0.651. The largest absolute Gasteiger partial charge is 0.354 e. The molecule has 0 unspecified atom stereocenters. The zero-order valence-corrected chi connectivity index (χ0v) is 14.8. The predicted molar refractivity (Wildman–Crippen MR) is 90.7 cm³/mol. The first-order valence-corrected chi connectivity index (χ1v) is 9.17. The molecule has 2 aromatic rings. The summed E-state index contributed by atoms with van der Waals surface area (Å²) in [5, 5.41) is 0. The summed E-state index contributed by atoms with van der Waals surface area (Å²) in [6.45, 7) is 3.82. The van der Waals surface area contributed by atoms with Crippen LogP contribution in [0.5, 0.6) is 0 Å². The molecule has 3 rings (SSSR count). The van der Waals surface area contributed by atoms with Gasteiger partial charge in [-0.25, -0.2) is 8.42 Å².